The van der Waals surface area contributed by atoms with Gasteiger partial charge in [0.15, 0.2) is 0 Å². The Morgan fingerprint density at radius 1 is 0.900 bits per heavy atom. The lowest BCUT2D eigenvalue weighted by Crippen LogP contribution is -2.35. The molecule has 0 aliphatic carbocycles. The van der Waals surface area contributed by atoms with Gasteiger partial charge in [0, 0.05) is 0 Å². The molecule has 0 aliphatic rings. The zero-order chi connectivity index (χ0) is 14.6. The SMILES string of the molecule is CS(=O)(=O)NC(c1ccccc1)C(N)c1ccccc1. The molecule has 0 saturated heterocycles. The van der Waals surface area contributed by atoms with Crippen LogP contribution in [0.5, 0.6) is 0 Å². The van der Waals surface area contributed by atoms with Gasteiger partial charge in [-0.2, -0.15) is 0 Å². The highest BCUT2D eigenvalue weighted by atomic mass is 32.2. The summed E-state index contributed by atoms with van der Waals surface area (Å²) in [4.78, 5) is 0. The minimum Gasteiger partial charge on any atom is -0.322 e. The number of hydrogen-bond donors (Lipinski definition) is 2. The maximum absolute atomic E-state index is 11.6. The van der Waals surface area contributed by atoms with E-state index >= 15 is 0 Å². The molecule has 2 aromatic rings. The van der Waals surface area contributed by atoms with Gasteiger partial charge in [-0.05, 0) is 11.1 Å². The first kappa shape index (κ1) is 14.7. The monoisotopic (exact) mass is 290 g/mol. The minimum absolute atomic E-state index is 0.451. The first-order chi connectivity index (χ1) is 9.47. The molecule has 106 valence electrons. The Bertz CT molecular complexity index is 642. The molecule has 0 fully saturated rings. The number of hydrogen-bond acceptors (Lipinski definition) is 3. The molecule has 0 aromatic heterocycles. The van der Waals surface area contributed by atoms with E-state index in [1.165, 1.54) is 0 Å². The molecule has 2 aromatic carbocycles. The van der Waals surface area contributed by atoms with Gasteiger partial charge in [0.05, 0.1) is 18.3 Å². The maximum Gasteiger partial charge on any atom is 0.209 e. The van der Waals surface area contributed by atoms with Crippen LogP contribution >= 0.6 is 0 Å². The lowest BCUT2D eigenvalue weighted by molar-refractivity contribution is 0.507. The Morgan fingerprint density at radius 3 is 1.80 bits per heavy atom. The van der Waals surface area contributed by atoms with E-state index in [9.17, 15) is 8.42 Å². The zero-order valence-corrected chi connectivity index (χ0v) is 12.0. The highest BCUT2D eigenvalue weighted by molar-refractivity contribution is 7.88. The molecule has 0 spiro atoms. The minimum atomic E-state index is -3.35. The fourth-order valence-corrected chi connectivity index (χ4v) is 2.85. The van der Waals surface area contributed by atoms with E-state index in [4.69, 9.17) is 5.73 Å². The van der Waals surface area contributed by atoms with Crippen molar-refractivity contribution in [3.8, 4) is 0 Å². The lowest BCUT2D eigenvalue weighted by Gasteiger charge is -2.25. The van der Waals surface area contributed by atoms with E-state index in [-0.39, 0.29) is 0 Å². The van der Waals surface area contributed by atoms with Crippen LogP contribution in [0, 0.1) is 0 Å². The van der Waals surface area contributed by atoms with Crippen LogP contribution < -0.4 is 10.5 Å². The molecule has 0 heterocycles. The van der Waals surface area contributed by atoms with Crippen LogP contribution in [0.2, 0.25) is 0 Å². The third-order valence-electron chi connectivity index (χ3n) is 3.04. The van der Waals surface area contributed by atoms with Crippen molar-refractivity contribution in [3.05, 3.63) is 71.8 Å². The highest BCUT2D eigenvalue weighted by Gasteiger charge is 2.24. The molecule has 5 heteroatoms. The van der Waals surface area contributed by atoms with Crippen molar-refractivity contribution in [3.63, 3.8) is 0 Å². The summed E-state index contributed by atoms with van der Waals surface area (Å²) in [5, 5.41) is 0. The number of sulfonamides is 1. The van der Waals surface area contributed by atoms with Crippen LogP contribution in [-0.2, 0) is 10.0 Å². The topological polar surface area (TPSA) is 72.2 Å². The van der Waals surface area contributed by atoms with Gasteiger partial charge in [0.1, 0.15) is 0 Å². The van der Waals surface area contributed by atoms with Crippen molar-refractivity contribution in [1.82, 2.24) is 4.72 Å². The Morgan fingerprint density at radius 2 is 1.35 bits per heavy atom. The van der Waals surface area contributed by atoms with Crippen molar-refractivity contribution >= 4 is 10.0 Å². The van der Waals surface area contributed by atoms with Crippen LogP contribution in [-0.4, -0.2) is 14.7 Å². The van der Waals surface area contributed by atoms with E-state index < -0.39 is 22.1 Å². The van der Waals surface area contributed by atoms with E-state index in [1.807, 2.05) is 60.7 Å². The maximum atomic E-state index is 11.6. The third kappa shape index (κ3) is 3.90. The summed E-state index contributed by atoms with van der Waals surface area (Å²) >= 11 is 0. The fourth-order valence-electron chi connectivity index (χ4n) is 2.11. The van der Waals surface area contributed by atoms with Gasteiger partial charge in [-0.25, -0.2) is 13.1 Å². The molecule has 0 aliphatic heterocycles. The molecule has 2 rings (SSSR count). The van der Waals surface area contributed by atoms with Crippen LogP contribution in [0.15, 0.2) is 60.7 Å². The smallest absolute Gasteiger partial charge is 0.209 e. The molecule has 4 nitrogen and oxygen atoms in total. The van der Waals surface area contributed by atoms with Gasteiger partial charge >= 0.3 is 0 Å². The van der Waals surface area contributed by atoms with Gasteiger partial charge in [-0.15, -0.1) is 0 Å². The second-order valence-electron chi connectivity index (χ2n) is 4.71. The Kier molecular flexibility index (Phi) is 4.54. The Hall–Kier alpha value is -1.69. The third-order valence-corrected chi connectivity index (χ3v) is 3.73. The van der Waals surface area contributed by atoms with Crippen molar-refractivity contribution in [2.24, 2.45) is 5.73 Å². The summed E-state index contributed by atoms with van der Waals surface area (Å²) in [7, 11) is -3.35. The summed E-state index contributed by atoms with van der Waals surface area (Å²) in [6, 6.07) is 17.9. The van der Waals surface area contributed by atoms with Gasteiger partial charge in [-0.3, -0.25) is 0 Å². The molecule has 20 heavy (non-hydrogen) atoms. The van der Waals surface area contributed by atoms with Gasteiger partial charge < -0.3 is 5.73 Å². The summed E-state index contributed by atoms with van der Waals surface area (Å²) in [6.07, 6.45) is 1.14. The van der Waals surface area contributed by atoms with Gasteiger partial charge in [-0.1, -0.05) is 60.7 Å². The predicted octanol–water partition coefficient (Wildman–Crippen LogP) is 1.98. The Labute approximate surface area is 119 Å². The fraction of sp³-hybridized carbons (Fsp3) is 0.200. The second kappa shape index (κ2) is 6.17. The molecule has 2 atom stereocenters. The van der Waals surface area contributed by atoms with Crippen molar-refractivity contribution < 1.29 is 8.42 Å². The summed E-state index contributed by atoms with van der Waals surface area (Å²) < 4.78 is 25.8. The van der Waals surface area contributed by atoms with Gasteiger partial charge in [0.25, 0.3) is 0 Å². The first-order valence-corrected chi connectivity index (χ1v) is 8.19. The van der Waals surface area contributed by atoms with Crippen molar-refractivity contribution in [1.29, 1.82) is 0 Å². The highest BCUT2D eigenvalue weighted by Crippen LogP contribution is 2.27. The largest absolute Gasteiger partial charge is 0.322 e. The number of rotatable bonds is 5. The van der Waals surface area contributed by atoms with Gasteiger partial charge in [0.2, 0.25) is 10.0 Å². The molecule has 0 amide bonds. The Balaban J connectivity index is 2.37. The molecule has 2 unspecified atom stereocenters. The second-order valence-corrected chi connectivity index (χ2v) is 6.49. The first-order valence-electron chi connectivity index (χ1n) is 6.30. The summed E-state index contributed by atoms with van der Waals surface area (Å²) in [5.74, 6) is 0. The lowest BCUT2D eigenvalue weighted by atomic mass is 9.95. The number of nitrogens with two attached hydrogens (primary N) is 1. The molecule has 0 bridgehead atoms. The summed E-state index contributed by atoms with van der Waals surface area (Å²) in [6.45, 7) is 0. The van der Waals surface area contributed by atoms with E-state index in [0.29, 0.717) is 0 Å². The van der Waals surface area contributed by atoms with Crippen LogP contribution in [0.25, 0.3) is 0 Å². The van der Waals surface area contributed by atoms with Crippen LogP contribution in [0.4, 0.5) is 0 Å². The van der Waals surface area contributed by atoms with E-state index in [2.05, 4.69) is 4.72 Å². The summed E-state index contributed by atoms with van der Waals surface area (Å²) in [5.41, 5.74) is 7.98. The quantitative estimate of drug-likeness (QED) is 0.884. The average Bonchev–Trinajstić information content (AvgIpc) is 2.45. The van der Waals surface area contributed by atoms with Crippen molar-refractivity contribution in [2.45, 2.75) is 12.1 Å². The van der Waals surface area contributed by atoms with E-state index in [1.54, 1.807) is 0 Å². The predicted molar refractivity (Wildman–Crippen MR) is 80.5 cm³/mol. The average molecular weight is 290 g/mol. The standard InChI is InChI=1S/C15H18N2O2S/c1-20(18,19)17-15(13-10-6-3-7-11-13)14(16)12-8-4-2-5-9-12/h2-11,14-15,17H,16H2,1H3. The molecule has 0 radical (unpaired) electrons. The number of nitrogens with one attached hydrogen (secondary N) is 1. The van der Waals surface area contributed by atoms with Crippen LogP contribution in [0.1, 0.15) is 23.2 Å². The van der Waals surface area contributed by atoms with Crippen molar-refractivity contribution in [2.75, 3.05) is 6.26 Å². The molecular weight excluding hydrogens is 272 g/mol. The zero-order valence-electron chi connectivity index (χ0n) is 11.2. The molecule has 3 N–H and O–H groups in total. The van der Waals surface area contributed by atoms with E-state index in [0.717, 1.165) is 17.4 Å². The normalized spacial score (nSPS) is 14.7. The number of benzene rings is 2. The van der Waals surface area contributed by atoms with Crippen LogP contribution in [0.3, 0.4) is 0 Å². The molecular formula is C15H18N2O2S. The molecule has 0 saturated carbocycles.